The molecule has 2 aromatic heterocycles. The number of hydrogen-bond acceptors (Lipinski definition) is 5. The highest BCUT2D eigenvalue weighted by molar-refractivity contribution is 5.91. The number of hydrogen-bond donors (Lipinski definition) is 0. The first-order chi connectivity index (χ1) is 16.5. The van der Waals surface area contributed by atoms with Crippen molar-refractivity contribution in [3.05, 3.63) is 90.0 Å². The van der Waals surface area contributed by atoms with E-state index in [0.29, 0.717) is 23.9 Å². The summed E-state index contributed by atoms with van der Waals surface area (Å²) >= 11 is 0. The van der Waals surface area contributed by atoms with Crippen LogP contribution < -0.4 is 9.47 Å². The molecule has 0 radical (unpaired) electrons. The summed E-state index contributed by atoms with van der Waals surface area (Å²) < 4.78 is 18.8. The van der Waals surface area contributed by atoms with Crippen LogP contribution in [0.25, 0.3) is 5.69 Å². The Balaban J connectivity index is 1.77. The van der Waals surface area contributed by atoms with Gasteiger partial charge in [-0.15, -0.1) is 0 Å². The minimum atomic E-state index is -0.165. The summed E-state index contributed by atoms with van der Waals surface area (Å²) in [7, 11) is 1.63. The first-order valence-electron chi connectivity index (χ1n) is 11.3. The molecule has 0 aliphatic heterocycles. The predicted octanol–water partition coefficient (Wildman–Crippen LogP) is 6.02. The van der Waals surface area contributed by atoms with E-state index in [1.807, 2.05) is 68.4 Å². The third-order valence-corrected chi connectivity index (χ3v) is 5.86. The second kappa shape index (κ2) is 10.3. The SMILES string of the molecule is CC[C@H](C)N(Cc1c(C)nn(-c2ccccc2)c1Oc1ccc(OC)cc1)C(=O)c1ccco1. The molecule has 0 saturated heterocycles. The molecule has 4 rings (SSSR count). The molecule has 0 saturated carbocycles. The lowest BCUT2D eigenvalue weighted by molar-refractivity contribution is 0.0637. The van der Waals surface area contributed by atoms with Crippen LogP contribution in [-0.4, -0.2) is 33.7 Å². The lowest BCUT2D eigenvalue weighted by atomic mass is 10.1. The molecule has 2 aromatic carbocycles. The summed E-state index contributed by atoms with van der Waals surface area (Å²) in [5, 5.41) is 4.78. The molecular formula is C27H29N3O4. The highest BCUT2D eigenvalue weighted by atomic mass is 16.5. The molecule has 0 spiro atoms. The Kier molecular flexibility index (Phi) is 7.01. The molecule has 176 valence electrons. The lowest BCUT2D eigenvalue weighted by Crippen LogP contribution is -2.37. The normalized spacial score (nSPS) is 11.8. The van der Waals surface area contributed by atoms with Crippen LogP contribution in [0.4, 0.5) is 0 Å². The summed E-state index contributed by atoms with van der Waals surface area (Å²) in [4.78, 5) is 15.1. The Morgan fingerprint density at radius 1 is 1.06 bits per heavy atom. The molecule has 7 heteroatoms. The van der Waals surface area contributed by atoms with Gasteiger partial charge >= 0.3 is 0 Å². The van der Waals surface area contributed by atoms with E-state index in [1.165, 1.54) is 6.26 Å². The number of methoxy groups -OCH3 is 1. The third kappa shape index (κ3) is 4.83. The van der Waals surface area contributed by atoms with Gasteiger partial charge in [-0.25, -0.2) is 4.68 Å². The minimum absolute atomic E-state index is 0.00842. The monoisotopic (exact) mass is 459 g/mol. The first kappa shape index (κ1) is 23.2. The van der Waals surface area contributed by atoms with Crippen molar-refractivity contribution in [2.75, 3.05) is 7.11 Å². The Labute approximate surface area is 199 Å². The van der Waals surface area contributed by atoms with Crippen LogP contribution in [0.3, 0.4) is 0 Å². The zero-order valence-corrected chi connectivity index (χ0v) is 19.9. The number of carbonyl (C=O) groups is 1. The fourth-order valence-corrected chi connectivity index (χ4v) is 3.69. The van der Waals surface area contributed by atoms with Crippen molar-refractivity contribution in [3.63, 3.8) is 0 Å². The Hall–Kier alpha value is -4.00. The van der Waals surface area contributed by atoms with Crippen molar-refractivity contribution < 1.29 is 18.7 Å². The van der Waals surface area contributed by atoms with Gasteiger partial charge in [-0.1, -0.05) is 25.1 Å². The number of amides is 1. The van der Waals surface area contributed by atoms with Crippen LogP contribution in [0.15, 0.2) is 77.4 Å². The fourth-order valence-electron chi connectivity index (χ4n) is 3.69. The van der Waals surface area contributed by atoms with Crippen molar-refractivity contribution >= 4 is 5.91 Å². The number of ether oxygens (including phenoxy) is 2. The van der Waals surface area contributed by atoms with E-state index in [1.54, 1.807) is 28.8 Å². The molecule has 0 fully saturated rings. The molecule has 34 heavy (non-hydrogen) atoms. The van der Waals surface area contributed by atoms with E-state index in [9.17, 15) is 4.79 Å². The number of para-hydroxylation sites is 1. The van der Waals surface area contributed by atoms with Gasteiger partial charge < -0.3 is 18.8 Å². The van der Waals surface area contributed by atoms with Crippen LogP contribution in [0.5, 0.6) is 17.4 Å². The zero-order chi connectivity index (χ0) is 24.1. The van der Waals surface area contributed by atoms with Gasteiger partial charge in [0.15, 0.2) is 5.76 Å². The number of aryl methyl sites for hydroxylation is 1. The van der Waals surface area contributed by atoms with Crippen molar-refractivity contribution in [2.45, 2.75) is 39.8 Å². The highest BCUT2D eigenvalue weighted by Gasteiger charge is 2.28. The summed E-state index contributed by atoms with van der Waals surface area (Å²) in [6.45, 7) is 6.35. The maximum absolute atomic E-state index is 13.3. The Morgan fingerprint density at radius 3 is 2.38 bits per heavy atom. The molecule has 0 bridgehead atoms. The Morgan fingerprint density at radius 2 is 1.76 bits per heavy atom. The van der Waals surface area contributed by atoms with Gasteiger partial charge in [-0.3, -0.25) is 4.79 Å². The molecule has 2 heterocycles. The smallest absolute Gasteiger partial charge is 0.290 e. The number of furan rings is 1. The van der Waals surface area contributed by atoms with Gasteiger partial charge in [-0.2, -0.15) is 5.10 Å². The maximum Gasteiger partial charge on any atom is 0.290 e. The molecule has 0 N–H and O–H groups in total. The van der Waals surface area contributed by atoms with Crippen molar-refractivity contribution in [1.29, 1.82) is 0 Å². The number of aromatic nitrogens is 2. The second-order valence-corrected chi connectivity index (χ2v) is 8.06. The van der Waals surface area contributed by atoms with Gasteiger partial charge in [0.05, 0.1) is 36.9 Å². The van der Waals surface area contributed by atoms with Crippen molar-refractivity contribution in [2.24, 2.45) is 0 Å². The van der Waals surface area contributed by atoms with E-state index >= 15 is 0 Å². The van der Waals surface area contributed by atoms with Gasteiger partial charge in [0.2, 0.25) is 5.88 Å². The van der Waals surface area contributed by atoms with Crippen LogP contribution >= 0.6 is 0 Å². The third-order valence-electron chi connectivity index (χ3n) is 5.86. The average molecular weight is 460 g/mol. The van der Waals surface area contributed by atoms with Crippen LogP contribution in [0, 0.1) is 6.92 Å². The Bertz CT molecular complexity index is 1220. The van der Waals surface area contributed by atoms with E-state index in [0.717, 1.165) is 29.1 Å². The summed E-state index contributed by atoms with van der Waals surface area (Å²) in [5.74, 6) is 2.10. The molecule has 4 aromatic rings. The molecule has 0 unspecified atom stereocenters. The quantitative estimate of drug-likeness (QED) is 0.306. The fraction of sp³-hybridized carbons (Fsp3) is 0.259. The van der Waals surface area contributed by atoms with Gasteiger partial charge in [0.25, 0.3) is 5.91 Å². The average Bonchev–Trinajstić information content (AvgIpc) is 3.52. The van der Waals surface area contributed by atoms with Crippen LogP contribution in [-0.2, 0) is 6.54 Å². The molecular weight excluding hydrogens is 430 g/mol. The number of rotatable bonds is 9. The van der Waals surface area contributed by atoms with Crippen LogP contribution in [0.2, 0.25) is 0 Å². The topological polar surface area (TPSA) is 69.7 Å². The second-order valence-electron chi connectivity index (χ2n) is 8.06. The summed E-state index contributed by atoms with van der Waals surface area (Å²) in [6, 6.07) is 20.6. The van der Waals surface area contributed by atoms with E-state index in [4.69, 9.17) is 19.0 Å². The molecule has 1 atom stereocenters. The number of benzene rings is 2. The zero-order valence-electron chi connectivity index (χ0n) is 19.9. The summed E-state index contributed by atoms with van der Waals surface area (Å²) in [6.07, 6.45) is 2.31. The molecule has 0 aliphatic carbocycles. The highest BCUT2D eigenvalue weighted by Crippen LogP contribution is 2.33. The number of carbonyl (C=O) groups excluding carboxylic acids is 1. The van der Waals surface area contributed by atoms with Crippen molar-refractivity contribution in [1.82, 2.24) is 14.7 Å². The van der Waals surface area contributed by atoms with E-state index in [-0.39, 0.29) is 11.9 Å². The van der Waals surface area contributed by atoms with Gasteiger partial charge in [0, 0.05) is 6.04 Å². The van der Waals surface area contributed by atoms with Crippen LogP contribution in [0.1, 0.15) is 42.1 Å². The largest absolute Gasteiger partial charge is 0.497 e. The molecule has 1 amide bonds. The maximum atomic E-state index is 13.3. The van der Waals surface area contributed by atoms with E-state index < -0.39 is 0 Å². The van der Waals surface area contributed by atoms with Gasteiger partial charge in [-0.05, 0) is 68.8 Å². The van der Waals surface area contributed by atoms with Crippen molar-refractivity contribution in [3.8, 4) is 23.1 Å². The predicted molar refractivity (Wildman–Crippen MR) is 130 cm³/mol. The number of nitrogens with zero attached hydrogens (tertiary/aromatic N) is 3. The van der Waals surface area contributed by atoms with Gasteiger partial charge in [0.1, 0.15) is 11.5 Å². The minimum Gasteiger partial charge on any atom is -0.497 e. The molecule has 0 aliphatic rings. The lowest BCUT2D eigenvalue weighted by Gasteiger charge is -2.28. The standard InChI is InChI=1S/C27H29N3O4/c1-5-19(2)29(26(31)25-12-9-17-33-25)18-24-20(3)28-30(21-10-7-6-8-11-21)27(24)34-23-15-13-22(32-4)14-16-23/h6-17,19H,5,18H2,1-4H3/t19-/m0/s1. The molecule has 7 nitrogen and oxygen atoms in total. The first-order valence-corrected chi connectivity index (χ1v) is 11.3. The van der Waals surface area contributed by atoms with E-state index in [2.05, 4.69) is 6.92 Å². The summed E-state index contributed by atoms with van der Waals surface area (Å²) in [5.41, 5.74) is 2.49.